The smallest absolute Gasteiger partial charge is 0.261 e. The largest absolute Gasteiger partial charge is 0.475 e. The van der Waals surface area contributed by atoms with Gasteiger partial charge in [-0.2, -0.15) is 10.2 Å². The molecule has 0 bridgehead atoms. The van der Waals surface area contributed by atoms with Crippen molar-refractivity contribution in [3.8, 4) is 11.9 Å². The lowest BCUT2D eigenvalue weighted by Crippen LogP contribution is -2.38. The Morgan fingerprint density at radius 1 is 1.30 bits per heavy atom. The molecule has 3 heterocycles. The van der Waals surface area contributed by atoms with Gasteiger partial charge in [-0.25, -0.2) is 0 Å². The Bertz CT molecular complexity index is 729. The minimum absolute atomic E-state index is 0.315. The van der Waals surface area contributed by atoms with Gasteiger partial charge in [-0.15, -0.1) is 0 Å². The fourth-order valence-electron chi connectivity index (χ4n) is 2.72. The third-order valence-corrected chi connectivity index (χ3v) is 4.01. The summed E-state index contributed by atoms with van der Waals surface area (Å²) in [5.74, 6) is 0.465. The highest BCUT2D eigenvalue weighted by Gasteiger charge is 2.33. The highest BCUT2D eigenvalue weighted by atomic mass is 16.5. The number of aryl methyl sites for hydroxylation is 2. The van der Waals surface area contributed by atoms with Crippen LogP contribution in [0, 0.1) is 25.2 Å². The summed E-state index contributed by atoms with van der Waals surface area (Å²) in [4.78, 5) is 4.29. The molecule has 122 valence electrons. The van der Waals surface area contributed by atoms with Gasteiger partial charge in [-0.3, -0.25) is 0 Å². The summed E-state index contributed by atoms with van der Waals surface area (Å²) >= 11 is 0. The van der Waals surface area contributed by atoms with E-state index in [1.54, 1.807) is 0 Å². The van der Waals surface area contributed by atoms with Crippen LogP contribution in [-0.4, -0.2) is 42.2 Å². The van der Waals surface area contributed by atoms with Crippen LogP contribution < -0.4 is 4.74 Å². The lowest BCUT2D eigenvalue weighted by atomic mass is 9.96. The van der Waals surface area contributed by atoms with Crippen LogP contribution in [0.1, 0.15) is 24.1 Å². The van der Waals surface area contributed by atoms with E-state index in [-0.39, 0.29) is 0 Å². The Labute approximate surface area is 134 Å². The molecular weight excluding hydrogens is 298 g/mol. The second-order valence-corrected chi connectivity index (χ2v) is 5.64. The van der Waals surface area contributed by atoms with E-state index in [1.807, 2.05) is 19.9 Å². The zero-order chi connectivity index (χ0) is 16.3. The number of nitrogens with zero attached hydrogens (tertiary/aromatic N) is 3. The van der Waals surface area contributed by atoms with Crippen molar-refractivity contribution in [1.29, 1.82) is 5.26 Å². The van der Waals surface area contributed by atoms with Crippen LogP contribution in [0.15, 0.2) is 10.6 Å². The average molecular weight is 317 g/mol. The topological polar surface area (TPSA) is 90.4 Å². The SMILES string of the molecule is Cc1cc(OCCOC2(C#N)CCOCC2)nc2onc(C)c12. The molecule has 0 atom stereocenters. The van der Waals surface area contributed by atoms with Crippen molar-refractivity contribution in [3.05, 3.63) is 17.3 Å². The Hall–Kier alpha value is -2.17. The minimum Gasteiger partial charge on any atom is -0.475 e. The number of ether oxygens (including phenoxy) is 3. The maximum atomic E-state index is 9.31. The zero-order valence-electron chi connectivity index (χ0n) is 13.3. The van der Waals surface area contributed by atoms with E-state index in [4.69, 9.17) is 18.7 Å². The Balaban J connectivity index is 1.57. The van der Waals surface area contributed by atoms with E-state index in [0.29, 0.717) is 50.9 Å². The van der Waals surface area contributed by atoms with E-state index in [2.05, 4.69) is 16.2 Å². The normalized spacial score (nSPS) is 17.1. The second-order valence-electron chi connectivity index (χ2n) is 5.64. The molecule has 1 saturated heterocycles. The summed E-state index contributed by atoms with van der Waals surface area (Å²) < 4.78 is 21.8. The molecule has 7 heteroatoms. The van der Waals surface area contributed by atoms with Crippen LogP contribution in [0.3, 0.4) is 0 Å². The predicted octanol–water partition coefficient (Wildman–Crippen LogP) is 2.31. The van der Waals surface area contributed by atoms with Gasteiger partial charge >= 0.3 is 0 Å². The van der Waals surface area contributed by atoms with Gasteiger partial charge in [0.15, 0.2) is 5.60 Å². The van der Waals surface area contributed by atoms with Crippen LogP contribution in [0.4, 0.5) is 0 Å². The zero-order valence-corrected chi connectivity index (χ0v) is 13.3. The van der Waals surface area contributed by atoms with Crippen LogP contribution >= 0.6 is 0 Å². The average Bonchev–Trinajstić information content (AvgIpc) is 2.94. The quantitative estimate of drug-likeness (QED) is 0.781. The van der Waals surface area contributed by atoms with E-state index < -0.39 is 5.60 Å². The van der Waals surface area contributed by atoms with Crippen molar-refractivity contribution in [2.75, 3.05) is 26.4 Å². The third-order valence-electron chi connectivity index (χ3n) is 4.01. The molecule has 3 rings (SSSR count). The third kappa shape index (κ3) is 3.28. The first-order valence-corrected chi connectivity index (χ1v) is 7.63. The van der Waals surface area contributed by atoms with E-state index in [0.717, 1.165) is 16.6 Å². The van der Waals surface area contributed by atoms with Crippen LogP contribution in [-0.2, 0) is 9.47 Å². The molecule has 0 aromatic carbocycles. The summed E-state index contributed by atoms with van der Waals surface area (Å²) in [7, 11) is 0. The van der Waals surface area contributed by atoms with Gasteiger partial charge in [0.1, 0.15) is 6.61 Å². The van der Waals surface area contributed by atoms with Gasteiger partial charge < -0.3 is 18.7 Å². The van der Waals surface area contributed by atoms with Gasteiger partial charge in [-0.1, -0.05) is 5.16 Å². The van der Waals surface area contributed by atoms with Gasteiger partial charge in [-0.05, 0) is 19.4 Å². The molecule has 23 heavy (non-hydrogen) atoms. The summed E-state index contributed by atoms with van der Waals surface area (Å²) in [6, 6.07) is 4.10. The Morgan fingerprint density at radius 3 is 2.83 bits per heavy atom. The van der Waals surface area contributed by atoms with Crippen molar-refractivity contribution in [3.63, 3.8) is 0 Å². The van der Waals surface area contributed by atoms with Crippen molar-refractivity contribution in [1.82, 2.24) is 10.1 Å². The molecule has 2 aromatic rings. The van der Waals surface area contributed by atoms with Crippen molar-refractivity contribution in [2.45, 2.75) is 32.3 Å². The van der Waals surface area contributed by atoms with Gasteiger partial charge in [0, 0.05) is 18.9 Å². The predicted molar refractivity (Wildman–Crippen MR) is 81.1 cm³/mol. The van der Waals surface area contributed by atoms with Crippen molar-refractivity contribution < 1.29 is 18.7 Å². The Kier molecular flexibility index (Phi) is 4.46. The van der Waals surface area contributed by atoms with E-state index in [9.17, 15) is 5.26 Å². The van der Waals surface area contributed by atoms with Gasteiger partial charge in [0.05, 0.1) is 37.0 Å². The number of fused-ring (bicyclic) bond motifs is 1. The lowest BCUT2D eigenvalue weighted by Gasteiger charge is -2.30. The molecule has 0 spiro atoms. The fraction of sp³-hybridized carbons (Fsp3) is 0.562. The molecule has 0 N–H and O–H groups in total. The number of hydrogen-bond acceptors (Lipinski definition) is 7. The summed E-state index contributed by atoms with van der Waals surface area (Å²) in [5, 5.41) is 14.1. The molecule has 0 saturated carbocycles. The van der Waals surface area contributed by atoms with Gasteiger partial charge in [0.25, 0.3) is 5.71 Å². The molecule has 0 radical (unpaired) electrons. The molecule has 0 aliphatic carbocycles. The van der Waals surface area contributed by atoms with Crippen LogP contribution in [0.5, 0.6) is 5.88 Å². The first-order chi connectivity index (χ1) is 11.1. The number of pyridine rings is 1. The Morgan fingerprint density at radius 2 is 2.09 bits per heavy atom. The molecular formula is C16H19N3O4. The molecule has 0 amide bonds. The first-order valence-electron chi connectivity index (χ1n) is 7.63. The molecule has 0 unspecified atom stereocenters. The summed E-state index contributed by atoms with van der Waals surface area (Å²) in [6.45, 7) is 5.58. The molecule has 1 fully saturated rings. The van der Waals surface area contributed by atoms with Crippen LogP contribution in [0.25, 0.3) is 11.1 Å². The fourth-order valence-corrected chi connectivity index (χ4v) is 2.72. The first kappa shape index (κ1) is 15.7. The van der Waals surface area contributed by atoms with Crippen molar-refractivity contribution in [2.24, 2.45) is 0 Å². The molecule has 1 aliphatic heterocycles. The molecule has 1 aliphatic rings. The number of aromatic nitrogens is 2. The minimum atomic E-state index is -0.753. The lowest BCUT2D eigenvalue weighted by molar-refractivity contribution is -0.0817. The second kappa shape index (κ2) is 6.52. The number of hydrogen-bond donors (Lipinski definition) is 0. The maximum absolute atomic E-state index is 9.31. The number of rotatable bonds is 5. The van der Waals surface area contributed by atoms with E-state index >= 15 is 0 Å². The maximum Gasteiger partial charge on any atom is 0.261 e. The highest BCUT2D eigenvalue weighted by Crippen LogP contribution is 2.25. The monoisotopic (exact) mass is 317 g/mol. The highest BCUT2D eigenvalue weighted by molar-refractivity contribution is 5.80. The molecule has 2 aromatic heterocycles. The molecule has 7 nitrogen and oxygen atoms in total. The number of nitriles is 1. The van der Waals surface area contributed by atoms with Crippen molar-refractivity contribution >= 4 is 11.1 Å². The van der Waals surface area contributed by atoms with Crippen LogP contribution in [0.2, 0.25) is 0 Å². The van der Waals surface area contributed by atoms with E-state index in [1.165, 1.54) is 0 Å². The van der Waals surface area contributed by atoms with Gasteiger partial charge in [0.2, 0.25) is 5.88 Å². The summed E-state index contributed by atoms with van der Waals surface area (Å²) in [5.41, 5.74) is 1.53. The standard InChI is InChI=1S/C16H19N3O4/c1-11-9-13(18-15-14(11)12(2)19-23-15)21-7-8-22-16(10-17)3-5-20-6-4-16/h9H,3-8H2,1-2H3. The summed E-state index contributed by atoms with van der Waals surface area (Å²) in [6.07, 6.45) is 1.17.